The van der Waals surface area contributed by atoms with Crippen molar-refractivity contribution in [2.45, 2.75) is 32.1 Å². The second-order valence-electron chi connectivity index (χ2n) is 6.39. The number of rotatable bonds is 8. The van der Waals surface area contributed by atoms with Crippen LogP contribution in [-0.4, -0.2) is 17.7 Å². The Morgan fingerprint density at radius 1 is 1.19 bits per heavy atom. The van der Waals surface area contributed by atoms with Crippen molar-refractivity contribution in [3.05, 3.63) is 61.8 Å². The van der Waals surface area contributed by atoms with Crippen molar-refractivity contribution in [3.8, 4) is 5.75 Å². The van der Waals surface area contributed by atoms with E-state index in [2.05, 4.69) is 6.08 Å². The van der Waals surface area contributed by atoms with E-state index in [1.54, 1.807) is 24.3 Å². The maximum absolute atomic E-state index is 10.9. The van der Waals surface area contributed by atoms with Crippen molar-refractivity contribution in [3.63, 3.8) is 0 Å². The number of carboxylic acid groups (broad SMARTS) is 1. The second kappa shape index (κ2) is 8.94. The Labute approximate surface area is 167 Å². The zero-order valence-corrected chi connectivity index (χ0v) is 16.5. The lowest BCUT2D eigenvalue weighted by atomic mass is 9.97. The van der Waals surface area contributed by atoms with E-state index in [0.29, 0.717) is 33.2 Å². The minimum Gasteiger partial charge on any atom is -0.493 e. The molecular formula is C20H20Cl2O3S. The SMILES string of the molecule is O=C(O)c1ccc(CCCC2=CCCC2COc2cc(Cl)cc(Cl)c2)s1. The third-order valence-corrected chi connectivity index (χ3v) is 6.06. The molecule has 1 aliphatic carbocycles. The molecule has 0 amide bonds. The number of thiophene rings is 1. The summed E-state index contributed by atoms with van der Waals surface area (Å²) in [6.45, 7) is 0.630. The molecule has 0 saturated heterocycles. The summed E-state index contributed by atoms with van der Waals surface area (Å²) in [5, 5.41) is 10.1. The van der Waals surface area contributed by atoms with Gasteiger partial charge >= 0.3 is 5.97 Å². The van der Waals surface area contributed by atoms with Gasteiger partial charge in [0.2, 0.25) is 0 Å². The van der Waals surface area contributed by atoms with Crippen LogP contribution in [0.2, 0.25) is 10.0 Å². The number of halogens is 2. The zero-order valence-electron chi connectivity index (χ0n) is 14.2. The topological polar surface area (TPSA) is 46.5 Å². The van der Waals surface area contributed by atoms with E-state index in [1.165, 1.54) is 16.9 Å². The van der Waals surface area contributed by atoms with Crippen LogP contribution >= 0.6 is 34.5 Å². The minimum atomic E-state index is -0.849. The number of carboxylic acids is 1. The number of hydrogen-bond acceptors (Lipinski definition) is 3. The number of carbonyl (C=O) groups is 1. The summed E-state index contributed by atoms with van der Waals surface area (Å²) in [5.74, 6) is 0.275. The lowest BCUT2D eigenvalue weighted by Gasteiger charge is -2.16. The molecule has 1 aromatic carbocycles. The van der Waals surface area contributed by atoms with E-state index in [4.69, 9.17) is 33.0 Å². The van der Waals surface area contributed by atoms with Crippen molar-refractivity contribution in [1.82, 2.24) is 0 Å². The monoisotopic (exact) mass is 410 g/mol. The molecule has 1 atom stereocenters. The summed E-state index contributed by atoms with van der Waals surface area (Å²) in [7, 11) is 0. The van der Waals surface area contributed by atoms with Gasteiger partial charge in [0.25, 0.3) is 0 Å². The molecule has 26 heavy (non-hydrogen) atoms. The Morgan fingerprint density at radius 2 is 1.96 bits per heavy atom. The van der Waals surface area contributed by atoms with E-state index in [1.807, 2.05) is 6.07 Å². The van der Waals surface area contributed by atoms with Gasteiger partial charge in [-0.2, -0.15) is 0 Å². The van der Waals surface area contributed by atoms with Crippen LogP contribution in [0.3, 0.4) is 0 Å². The van der Waals surface area contributed by atoms with Crippen molar-refractivity contribution in [2.24, 2.45) is 5.92 Å². The number of ether oxygens (including phenoxy) is 1. The molecule has 1 aromatic heterocycles. The van der Waals surface area contributed by atoms with Crippen molar-refractivity contribution < 1.29 is 14.6 Å². The van der Waals surface area contributed by atoms with E-state index in [9.17, 15) is 4.79 Å². The summed E-state index contributed by atoms with van der Waals surface area (Å²) < 4.78 is 5.90. The molecule has 1 aliphatic rings. The van der Waals surface area contributed by atoms with Crippen LogP contribution in [0.15, 0.2) is 42.0 Å². The van der Waals surface area contributed by atoms with Gasteiger partial charge in [0, 0.05) is 20.8 Å². The van der Waals surface area contributed by atoms with Crippen molar-refractivity contribution in [2.75, 3.05) is 6.61 Å². The van der Waals surface area contributed by atoms with Gasteiger partial charge in [-0.05, 0) is 62.4 Å². The molecule has 0 bridgehead atoms. The largest absolute Gasteiger partial charge is 0.493 e. The zero-order chi connectivity index (χ0) is 18.5. The normalized spacial score (nSPS) is 16.5. The first-order chi connectivity index (χ1) is 12.5. The van der Waals surface area contributed by atoms with Gasteiger partial charge in [-0.15, -0.1) is 11.3 Å². The van der Waals surface area contributed by atoms with Crippen LogP contribution in [-0.2, 0) is 6.42 Å². The molecule has 138 valence electrons. The number of hydrogen-bond donors (Lipinski definition) is 1. The fraction of sp³-hybridized carbons (Fsp3) is 0.350. The van der Waals surface area contributed by atoms with E-state index in [-0.39, 0.29) is 0 Å². The minimum absolute atomic E-state index is 0.409. The van der Waals surface area contributed by atoms with Crippen molar-refractivity contribution >= 4 is 40.5 Å². The lowest BCUT2D eigenvalue weighted by molar-refractivity contribution is 0.0702. The highest BCUT2D eigenvalue weighted by Gasteiger charge is 2.20. The standard InChI is InChI=1S/C20H20Cl2O3S/c21-15-9-16(22)11-17(10-15)25-12-14-5-1-3-13(14)4-2-6-18-7-8-19(26-18)20(23)24/h3,7-11,14H,1-2,4-6,12H2,(H,23,24). The van der Waals surface area contributed by atoms with Crippen LogP contribution in [0.5, 0.6) is 5.75 Å². The smallest absolute Gasteiger partial charge is 0.345 e. The predicted octanol–water partition coefficient (Wildman–Crippen LogP) is 6.49. The Bertz CT molecular complexity index is 793. The van der Waals surface area contributed by atoms with E-state index >= 15 is 0 Å². The quantitative estimate of drug-likeness (QED) is 0.505. The summed E-state index contributed by atoms with van der Waals surface area (Å²) in [4.78, 5) is 12.5. The Balaban J connectivity index is 1.47. The molecule has 1 heterocycles. The number of allylic oxidation sites excluding steroid dienone is 1. The number of aryl methyl sites for hydroxylation is 1. The maximum atomic E-state index is 10.9. The van der Waals surface area contributed by atoms with Gasteiger partial charge < -0.3 is 9.84 Å². The maximum Gasteiger partial charge on any atom is 0.345 e. The molecule has 0 saturated carbocycles. The molecule has 0 aliphatic heterocycles. The first kappa shape index (κ1) is 19.3. The fourth-order valence-corrected chi connectivity index (χ4v) is 4.62. The average Bonchev–Trinajstić information content (AvgIpc) is 3.21. The molecule has 2 aromatic rings. The Hall–Kier alpha value is -1.49. The highest BCUT2D eigenvalue weighted by Crippen LogP contribution is 2.32. The fourth-order valence-electron chi connectivity index (χ4n) is 3.22. The number of benzene rings is 1. The van der Waals surface area contributed by atoms with Crippen LogP contribution < -0.4 is 4.74 Å². The molecule has 0 radical (unpaired) electrons. The number of aromatic carboxylic acids is 1. The molecule has 6 heteroatoms. The van der Waals surface area contributed by atoms with Gasteiger partial charge in [-0.1, -0.05) is 34.9 Å². The van der Waals surface area contributed by atoms with Crippen LogP contribution in [0.4, 0.5) is 0 Å². The molecule has 3 nitrogen and oxygen atoms in total. The van der Waals surface area contributed by atoms with Gasteiger partial charge in [0.15, 0.2) is 0 Å². The summed E-state index contributed by atoms with van der Waals surface area (Å²) >= 11 is 13.4. The second-order valence-corrected chi connectivity index (χ2v) is 8.44. The predicted molar refractivity (Wildman–Crippen MR) is 107 cm³/mol. The first-order valence-corrected chi connectivity index (χ1v) is 10.2. The Kier molecular flexibility index (Phi) is 6.63. The van der Waals surface area contributed by atoms with Crippen LogP contribution in [0, 0.1) is 5.92 Å². The Morgan fingerprint density at radius 3 is 2.65 bits per heavy atom. The van der Waals surface area contributed by atoms with Crippen LogP contribution in [0.25, 0.3) is 0 Å². The highest BCUT2D eigenvalue weighted by molar-refractivity contribution is 7.13. The molecule has 1 N–H and O–H groups in total. The molecule has 0 fully saturated rings. The average molecular weight is 411 g/mol. The van der Waals surface area contributed by atoms with E-state index < -0.39 is 5.97 Å². The summed E-state index contributed by atoms with van der Waals surface area (Å²) in [5.41, 5.74) is 1.44. The van der Waals surface area contributed by atoms with Gasteiger partial charge in [-0.25, -0.2) is 4.79 Å². The first-order valence-electron chi connectivity index (χ1n) is 8.61. The summed E-state index contributed by atoms with van der Waals surface area (Å²) in [6, 6.07) is 8.85. The third kappa shape index (κ3) is 5.26. The summed E-state index contributed by atoms with van der Waals surface area (Å²) in [6.07, 6.45) is 7.45. The van der Waals surface area contributed by atoms with Gasteiger partial charge in [0.05, 0.1) is 6.61 Å². The van der Waals surface area contributed by atoms with Gasteiger partial charge in [0.1, 0.15) is 10.6 Å². The van der Waals surface area contributed by atoms with E-state index in [0.717, 1.165) is 37.0 Å². The third-order valence-electron chi connectivity index (χ3n) is 4.49. The lowest BCUT2D eigenvalue weighted by Crippen LogP contribution is -2.12. The molecular weight excluding hydrogens is 391 g/mol. The van der Waals surface area contributed by atoms with Crippen molar-refractivity contribution in [1.29, 1.82) is 0 Å². The van der Waals surface area contributed by atoms with Gasteiger partial charge in [-0.3, -0.25) is 0 Å². The molecule has 0 spiro atoms. The van der Waals surface area contributed by atoms with Crippen LogP contribution in [0.1, 0.15) is 40.2 Å². The molecule has 3 rings (SSSR count). The highest BCUT2D eigenvalue weighted by atomic mass is 35.5. The molecule has 1 unspecified atom stereocenters.